The molecular formula is C12H18BrNO4. The van der Waals surface area contributed by atoms with Crippen molar-refractivity contribution in [2.45, 2.75) is 37.5 Å². The van der Waals surface area contributed by atoms with Crippen LogP contribution >= 0.6 is 15.9 Å². The summed E-state index contributed by atoms with van der Waals surface area (Å²) < 4.78 is 10.3. The van der Waals surface area contributed by atoms with Crippen LogP contribution in [0, 0.1) is 5.92 Å². The predicted octanol–water partition coefficient (Wildman–Crippen LogP) is 0.949. The molecule has 18 heavy (non-hydrogen) atoms. The van der Waals surface area contributed by atoms with E-state index in [0.29, 0.717) is 12.5 Å². The summed E-state index contributed by atoms with van der Waals surface area (Å²) in [6.45, 7) is 0. The molecule has 0 saturated carbocycles. The summed E-state index contributed by atoms with van der Waals surface area (Å²) in [6, 6.07) is 0.536. The molecule has 0 radical (unpaired) electrons. The van der Waals surface area contributed by atoms with Gasteiger partial charge in [-0.2, -0.15) is 0 Å². The molecule has 0 spiro atoms. The van der Waals surface area contributed by atoms with Crippen LogP contribution in [0.1, 0.15) is 19.3 Å². The van der Waals surface area contributed by atoms with Crippen LogP contribution in [-0.2, 0) is 19.1 Å². The number of carbonyl (C=O) groups is 2. The second-order valence-corrected chi connectivity index (χ2v) is 5.47. The monoisotopic (exact) mass is 319 g/mol. The second kappa shape index (κ2) is 5.57. The molecule has 4 atom stereocenters. The number of esters is 2. The Morgan fingerprint density at radius 3 is 2.72 bits per heavy atom. The first kappa shape index (κ1) is 13.8. The van der Waals surface area contributed by atoms with E-state index in [2.05, 4.69) is 20.8 Å². The Morgan fingerprint density at radius 2 is 2.11 bits per heavy atom. The predicted molar refractivity (Wildman–Crippen MR) is 68.4 cm³/mol. The SMILES string of the molecule is COC(=O)[C@@H]1C2CCC(C[C@@H]1OC(=O)CBr)N2C. The van der Waals surface area contributed by atoms with E-state index in [-0.39, 0.29) is 35.3 Å². The molecule has 0 N–H and O–H groups in total. The number of alkyl halides is 1. The quantitative estimate of drug-likeness (QED) is 0.572. The average Bonchev–Trinajstić information content (AvgIpc) is 2.62. The fourth-order valence-electron chi connectivity index (χ4n) is 3.19. The van der Waals surface area contributed by atoms with E-state index in [9.17, 15) is 9.59 Å². The summed E-state index contributed by atoms with van der Waals surface area (Å²) in [7, 11) is 3.41. The maximum absolute atomic E-state index is 11.9. The Kier molecular flexibility index (Phi) is 4.27. The van der Waals surface area contributed by atoms with Crippen LogP contribution in [0.15, 0.2) is 0 Å². The molecule has 0 aromatic heterocycles. The van der Waals surface area contributed by atoms with Crippen molar-refractivity contribution in [3.8, 4) is 0 Å². The number of methoxy groups -OCH3 is 1. The van der Waals surface area contributed by atoms with E-state index in [4.69, 9.17) is 9.47 Å². The molecule has 0 aromatic rings. The molecule has 2 bridgehead atoms. The van der Waals surface area contributed by atoms with Crippen molar-refractivity contribution in [3.63, 3.8) is 0 Å². The maximum atomic E-state index is 11.9. The highest BCUT2D eigenvalue weighted by Crippen LogP contribution is 2.40. The van der Waals surface area contributed by atoms with Crippen molar-refractivity contribution in [2.75, 3.05) is 19.5 Å². The van der Waals surface area contributed by atoms with E-state index < -0.39 is 0 Å². The van der Waals surface area contributed by atoms with Gasteiger partial charge in [-0.3, -0.25) is 14.5 Å². The van der Waals surface area contributed by atoms with E-state index in [1.807, 2.05) is 7.05 Å². The van der Waals surface area contributed by atoms with E-state index in [1.54, 1.807) is 0 Å². The van der Waals surface area contributed by atoms with Gasteiger partial charge in [0.2, 0.25) is 0 Å². The first-order valence-corrected chi connectivity index (χ1v) is 7.25. The molecule has 2 saturated heterocycles. The number of rotatable bonds is 3. The van der Waals surface area contributed by atoms with Gasteiger partial charge in [0.15, 0.2) is 0 Å². The van der Waals surface area contributed by atoms with E-state index >= 15 is 0 Å². The summed E-state index contributed by atoms with van der Waals surface area (Å²) >= 11 is 3.07. The molecule has 2 aliphatic heterocycles. The lowest BCUT2D eigenvalue weighted by molar-refractivity contribution is -0.166. The highest BCUT2D eigenvalue weighted by Gasteiger charge is 2.50. The molecule has 2 rings (SSSR count). The molecule has 0 aromatic carbocycles. The van der Waals surface area contributed by atoms with Crippen LogP contribution in [0.25, 0.3) is 0 Å². The zero-order chi connectivity index (χ0) is 13.3. The number of nitrogens with zero attached hydrogens (tertiary/aromatic N) is 1. The molecule has 0 amide bonds. The minimum atomic E-state index is -0.359. The van der Waals surface area contributed by atoms with Gasteiger partial charge in [0.05, 0.1) is 7.11 Å². The summed E-state index contributed by atoms with van der Waals surface area (Å²) in [6.07, 6.45) is 2.38. The molecule has 5 nitrogen and oxygen atoms in total. The third kappa shape index (κ3) is 2.40. The molecule has 102 valence electrons. The summed E-state index contributed by atoms with van der Waals surface area (Å²) in [5.74, 6) is -0.959. The zero-order valence-electron chi connectivity index (χ0n) is 10.6. The molecule has 2 unspecified atom stereocenters. The van der Waals surface area contributed by atoms with Crippen LogP contribution in [0.4, 0.5) is 0 Å². The lowest BCUT2D eigenvalue weighted by Crippen LogP contribution is -2.53. The van der Waals surface area contributed by atoms with Gasteiger partial charge in [-0.05, 0) is 19.9 Å². The van der Waals surface area contributed by atoms with Gasteiger partial charge < -0.3 is 9.47 Å². The normalized spacial score (nSPS) is 35.3. The minimum absolute atomic E-state index is 0.129. The van der Waals surface area contributed by atoms with E-state index in [0.717, 1.165) is 12.8 Å². The Balaban J connectivity index is 2.16. The summed E-state index contributed by atoms with van der Waals surface area (Å²) in [5, 5.41) is 0.155. The van der Waals surface area contributed by atoms with Crippen molar-refractivity contribution in [1.82, 2.24) is 4.90 Å². The Morgan fingerprint density at radius 1 is 1.39 bits per heavy atom. The van der Waals surface area contributed by atoms with Crippen molar-refractivity contribution >= 4 is 27.9 Å². The molecule has 6 heteroatoms. The van der Waals surface area contributed by atoms with Crippen molar-refractivity contribution in [1.29, 1.82) is 0 Å². The van der Waals surface area contributed by atoms with Crippen LogP contribution in [-0.4, -0.2) is 54.5 Å². The van der Waals surface area contributed by atoms with Gasteiger partial charge in [0, 0.05) is 18.5 Å². The number of halogens is 1. The van der Waals surface area contributed by atoms with Crippen molar-refractivity contribution < 1.29 is 19.1 Å². The third-order valence-corrected chi connectivity index (χ3v) is 4.54. The Hall–Kier alpha value is -0.620. The first-order valence-electron chi connectivity index (χ1n) is 6.13. The highest BCUT2D eigenvalue weighted by atomic mass is 79.9. The van der Waals surface area contributed by atoms with Crippen molar-refractivity contribution in [2.24, 2.45) is 5.92 Å². The van der Waals surface area contributed by atoms with Gasteiger partial charge in [-0.1, -0.05) is 15.9 Å². The number of ether oxygens (including phenoxy) is 2. The van der Waals surface area contributed by atoms with Gasteiger partial charge in [0.25, 0.3) is 0 Å². The van der Waals surface area contributed by atoms with Gasteiger partial charge in [0.1, 0.15) is 17.4 Å². The minimum Gasteiger partial charge on any atom is -0.469 e. The first-order chi connectivity index (χ1) is 8.58. The topological polar surface area (TPSA) is 55.8 Å². The molecular weight excluding hydrogens is 302 g/mol. The number of hydrogen-bond donors (Lipinski definition) is 0. The molecule has 0 aliphatic carbocycles. The van der Waals surface area contributed by atoms with E-state index in [1.165, 1.54) is 7.11 Å². The second-order valence-electron chi connectivity index (χ2n) is 4.91. The number of hydrogen-bond acceptors (Lipinski definition) is 5. The van der Waals surface area contributed by atoms with Crippen molar-refractivity contribution in [3.05, 3.63) is 0 Å². The van der Waals surface area contributed by atoms with Crippen LogP contribution in [0.2, 0.25) is 0 Å². The Labute approximate surface area is 115 Å². The van der Waals surface area contributed by atoms with Crippen LogP contribution in [0.3, 0.4) is 0 Å². The third-order valence-electron chi connectivity index (χ3n) is 4.08. The lowest BCUT2D eigenvalue weighted by Gasteiger charge is -2.40. The molecule has 2 heterocycles. The Bertz CT molecular complexity index is 349. The van der Waals surface area contributed by atoms with Gasteiger partial charge in [-0.25, -0.2) is 0 Å². The fourth-order valence-corrected chi connectivity index (χ4v) is 3.32. The summed E-state index contributed by atoms with van der Waals surface area (Å²) in [4.78, 5) is 25.6. The number of carbonyl (C=O) groups excluding carboxylic acids is 2. The van der Waals surface area contributed by atoms with Gasteiger partial charge in [-0.15, -0.1) is 0 Å². The lowest BCUT2D eigenvalue weighted by atomic mass is 9.87. The number of piperidine rings is 1. The average molecular weight is 320 g/mol. The number of fused-ring (bicyclic) bond motifs is 2. The largest absolute Gasteiger partial charge is 0.469 e. The highest BCUT2D eigenvalue weighted by molar-refractivity contribution is 9.09. The standard InChI is InChI=1S/C12H18BrNO4/c1-14-7-3-4-8(14)11(12(16)17-2)9(5-7)18-10(15)6-13/h7-9,11H,3-6H2,1-2H3/t7?,8?,9-,11+/m0/s1. The summed E-state index contributed by atoms with van der Waals surface area (Å²) in [5.41, 5.74) is 0. The zero-order valence-corrected chi connectivity index (χ0v) is 12.2. The fraction of sp³-hybridized carbons (Fsp3) is 0.833. The van der Waals surface area contributed by atoms with Crippen LogP contribution in [0.5, 0.6) is 0 Å². The molecule has 2 fully saturated rings. The van der Waals surface area contributed by atoms with Gasteiger partial charge >= 0.3 is 11.9 Å². The molecule has 2 aliphatic rings. The maximum Gasteiger partial charge on any atom is 0.316 e. The van der Waals surface area contributed by atoms with Crippen LogP contribution < -0.4 is 0 Å². The smallest absolute Gasteiger partial charge is 0.316 e.